The highest BCUT2D eigenvalue weighted by molar-refractivity contribution is 7.21. The number of nitrogens with one attached hydrogen (secondary N) is 2. The molecule has 2 N–H and O–H groups in total. The topological polar surface area (TPSA) is 136 Å². The maximum atomic E-state index is 13.5. The molecule has 0 radical (unpaired) electrons. The van der Waals surface area contributed by atoms with Crippen molar-refractivity contribution in [3.05, 3.63) is 90.0 Å². The van der Waals surface area contributed by atoms with Crippen LogP contribution in [0.25, 0.3) is 32.0 Å². The van der Waals surface area contributed by atoms with Gasteiger partial charge in [-0.3, -0.25) is 24.7 Å². The molecule has 1 fully saturated rings. The Morgan fingerprint density at radius 1 is 0.957 bits per heavy atom. The summed E-state index contributed by atoms with van der Waals surface area (Å²) < 4.78 is 25.8. The highest BCUT2D eigenvalue weighted by Gasteiger charge is 2.39. The molecule has 13 heteroatoms. The summed E-state index contributed by atoms with van der Waals surface area (Å²) in [6, 6.07) is 16.9. The molecule has 7 rings (SSSR count). The fraction of sp³-hybridized carbons (Fsp3) is 0.235. The minimum Gasteiger partial charge on any atom is -0.491 e. The van der Waals surface area contributed by atoms with E-state index in [0.29, 0.717) is 56.5 Å². The van der Waals surface area contributed by atoms with Gasteiger partial charge in [0.25, 0.3) is 5.91 Å². The number of benzene rings is 2. The normalized spacial score (nSPS) is 16.0. The van der Waals surface area contributed by atoms with Gasteiger partial charge >= 0.3 is 0 Å². The van der Waals surface area contributed by atoms with Crippen LogP contribution < -0.4 is 15.4 Å². The Bertz CT molecular complexity index is 1970. The lowest BCUT2D eigenvalue weighted by molar-refractivity contribution is -0.136. The molecule has 47 heavy (non-hydrogen) atoms. The second kappa shape index (κ2) is 13.2. The number of carbonyl (C=O) groups is 3. The number of anilines is 1. The molecule has 2 aliphatic heterocycles. The molecule has 3 amide bonds. The molecule has 0 saturated carbocycles. The van der Waals surface area contributed by atoms with Crippen LogP contribution in [-0.2, 0) is 20.9 Å². The molecule has 1 unspecified atom stereocenters. The summed E-state index contributed by atoms with van der Waals surface area (Å²) in [5, 5.41) is 6.33. The van der Waals surface area contributed by atoms with Crippen LogP contribution in [0.4, 0.5) is 10.2 Å². The van der Waals surface area contributed by atoms with Crippen molar-refractivity contribution < 1.29 is 28.2 Å². The first kappa shape index (κ1) is 30.4. The highest BCUT2D eigenvalue weighted by atomic mass is 32.1. The molecule has 0 aliphatic carbocycles. The van der Waals surface area contributed by atoms with Crippen LogP contribution in [-0.4, -0.2) is 70.0 Å². The molecule has 5 heterocycles. The fourth-order valence-electron chi connectivity index (χ4n) is 5.58. The number of piperidine rings is 1. The fourth-order valence-corrected chi connectivity index (χ4v) is 6.56. The van der Waals surface area contributed by atoms with Crippen LogP contribution in [0, 0.1) is 5.82 Å². The summed E-state index contributed by atoms with van der Waals surface area (Å²) in [4.78, 5) is 51.7. The van der Waals surface area contributed by atoms with E-state index in [1.165, 1.54) is 28.4 Å². The van der Waals surface area contributed by atoms with Crippen LogP contribution >= 0.6 is 11.3 Å². The van der Waals surface area contributed by atoms with Crippen LogP contribution in [0.5, 0.6) is 5.75 Å². The minimum absolute atomic E-state index is 0.214. The molecule has 11 nitrogen and oxygen atoms in total. The van der Waals surface area contributed by atoms with Crippen molar-refractivity contribution in [2.75, 3.05) is 31.7 Å². The van der Waals surface area contributed by atoms with Gasteiger partial charge in [-0.2, -0.15) is 0 Å². The Hall–Kier alpha value is -5.27. The van der Waals surface area contributed by atoms with E-state index in [4.69, 9.17) is 9.47 Å². The largest absolute Gasteiger partial charge is 0.491 e. The summed E-state index contributed by atoms with van der Waals surface area (Å²) >= 11 is 1.43. The summed E-state index contributed by atoms with van der Waals surface area (Å²) in [5.41, 5.74) is 4.62. The minimum atomic E-state index is -0.645. The lowest BCUT2D eigenvalue weighted by atomic mass is 10.0. The number of amides is 3. The van der Waals surface area contributed by atoms with Crippen LogP contribution in [0.2, 0.25) is 0 Å². The zero-order valence-corrected chi connectivity index (χ0v) is 25.9. The second-order valence-corrected chi connectivity index (χ2v) is 12.1. The predicted octanol–water partition coefficient (Wildman–Crippen LogP) is 4.83. The van der Waals surface area contributed by atoms with Gasteiger partial charge in [0.05, 0.1) is 29.1 Å². The number of pyridine rings is 2. The maximum Gasteiger partial charge on any atom is 0.255 e. The molecule has 2 aromatic carbocycles. The van der Waals surface area contributed by atoms with Crippen LogP contribution in [0.1, 0.15) is 28.8 Å². The average molecular weight is 653 g/mol. The molecule has 1 saturated heterocycles. The number of hydrogen-bond acceptors (Lipinski definition) is 10. The molecule has 0 spiro atoms. The number of fused-ring (bicyclic) bond motifs is 2. The van der Waals surface area contributed by atoms with Gasteiger partial charge in [-0.25, -0.2) is 14.4 Å². The van der Waals surface area contributed by atoms with Crippen molar-refractivity contribution in [2.45, 2.75) is 25.4 Å². The van der Waals surface area contributed by atoms with E-state index in [2.05, 4.69) is 25.6 Å². The number of ether oxygens (including phenoxy) is 2. The molecule has 238 valence electrons. The quantitative estimate of drug-likeness (QED) is 0.152. The van der Waals surface area contributed by atoms with Crippen molar-refractivity contribution >= 4 is 45.1 Å². The van der Waals surface area contributed by atoms with Crippen LogP contribution in [0.15, 0.2) is 73.1 Å². The van der Waals surface area contributed by atoms with Gasteiger partial charge in [0, 0.05) is 48.6 Å². The van der Waals surface area contributed by atoms with Gasteiger partial charge in [0.2, 0.25) is 11.8 Å². The molecule has 5 aromatic rings. The molecule has 0 bridgehead atoms. The summed E-state index contributed by atoms with van der Waals surface area (Å²) in [6.45, 7) is 2.02. The monoisotopic (exact) mass is 652 g/mol. The Labute approximate surface area is 272 Å². The highest BCUT2D eigenvalue weighted by Crippen LogP contribution is 2.32. The van der Waals surface area contributed by atoms with Crippen molar-refractivity contribution in [3.8, 4) is 27.6 Å². The van der Waals surface area contributed by atoms with Gasteiger partial charge in [0.1, 0.15) is 35.0 Å². The molecule has 2 aliphatic rings. The lowest BCUT2D eigenvalue weighted by Crippen LogP contribution is -2.52. The number of hydrogen-bond donors (Lipinski definition) is 2. The lowest BCUT2D eigenvalue weighted by Gasteiger charge is -2.29. The predicted molar refractivity (Wildman–Crippen MR) is 173 cm³/mol. The second-order valence-electron chi connectivity index (χ2n) is 11.1. The Kier molecular flexibility index (Phi) is 8.55. The van der Waals surface area contributed by atoms with E-state index in [-0.39, 0.29) is 24.1 Å². The summed E-state index contributed by atoms with van der Waals surface area (Å²) in [5.74, 6) is 0.0986. The third-order valence-electron chi connectivity index (χ3n) is 7.96. The summed E-state index contributed by atoms with van der Waals surface area (Å²) in [6.07, 6.45) is 4.07. The van der Waals surface area contributed by atoms with E-state index in [9.17, 15) is 18.8 Å². The third-order valence-corrected chi connectivity index (χ3v) is 9.03. The molecule has 3 aromatic heterocycles. The number of nitrogens with zero attached hydrogens (tertiary/aromatic N) is 4. The van der Waals surface area contributed by atoms with Gasteiger partial charge in [-0.05, 0) is 72.6 Å². The third kappa shape index (κ3) is 6.67. The van der Waals surface area contributed by atoms with Crippen molar-refractivity contribution in [1.29, 1.82) is 0 Å². The number of imide groups is 1. The van der Waals surface area contributed by atoms with Crippen molar-refractivity contribution in [1.82, 2.24) is 25.2 Å². The SMILES string of the molecule is O=C1CCC(N2Cc3cc(OCCOCCNc4ccc(-c5ccc(-c6nc7ccc(F)cc7s6)cn5)cn4)ccc3C2=O)C(=O)N1. The Morgan fingerprint density at radius 2 is 1.83 bits per heavy atom. The van der Waals surface area contributed by atoms with Crippen molar-refractivity contribution in [2.24, 2.45) is 0 Å². The molecular weight excluding hydrogens is 623 g/mol. The van der Waals surface area contributed by atoms with Gasteiger partial charge in [0.15, 0.2) is 0 Å². The smallest absolute Gasteiger partial charge is 0.255 e. The summed E-state index contributed by atoms with van der Waals surface area (Å²) in [7, 11) is 0. The molecular formula is C34H29FN6O5S. The van der Waals surface area contributed by atoms with Gasteiger partial charge in [-0.1, -0.05) is 0 Å². The number of aromatic nitrogens is 3. The molecule has 1 atom stereocenters. The van der Waals surface area contributed by atoms with Crippen LogP contribution in [0.3, 0.4) is 0 Å². The van der Waals surface area contributed by atoms with E-state index in [1.807, 2.05) is 30.3 Å². The van der Waals surface area contributed by atoms with E-state index >= 15 is 0 Å². The average Bonchev–Trinajstić information content (AvgIpc) is 3.65. The van der Waals surface area contributed by atoms with Crippen molar-refractivity contribution in [3.63, 3.8) is 0 Å². The first-order chi connectivity index (χ1) is 22.9. The Morgan fingerprint density at radius 3 is 2.64 bits per heavy atom. The van der Waals surface area contributed by atoms with Gasteiger partial charge < -0.3 is 19.7 Å². The zero-order valence-electron chi connectivity index (χ0n) is 25.1. The number of rotatable bonds is 11. The van der Waals surface area contributed by atoms with E-state index in [1.54, 1.807) is 30.6 Å². The van der Waals surface area contributed by atoms with E-state index in [0.717, 1.165) is 37.6 Å². The first-order valence-electron chi connectivity index (χ1n) is 15.1. The first-order valence-corrected chi connectivity index (χ1v) is 15.9. The maximum absolute atomic E-state index is 13.5. The standard InChI is InChI=1S/C34H29FN6O5S/c35-23-3-7-27-29(16-23)47-33(39-27)21-1-6-26(37-18-21)20-2-9-30(38-17-20)36-11-12-45-13-14-46-24-4-5-25-22(15-24)19-41(34(25)44)28-8-10-31(42)40-32(28)43/h1-7,9,15-18,28H,8,10-14,19H2,(H,36,38)(H,40,42,43). The van der Waals surface area contributed by atoms with Gasteiger partial charge in [-0.15, -0.1) is 11.3 Å². The number of thiazole rings is 1. The number of carbonyl (C=O) groups excluding carboxylic acids is 3. The zero-order chi connectivity index (χ0) is 32.3. The Balaban J connectivity index is 0.828. The van der Waals surface area contributed by atoms with E-state index < -0.39 is 11.9 Å². The number of halogens is 1.